The van der Waals surface area contributed by atoms with Gasteiger partial charge in [0.05, 0.1) is 11.8 Å². The van der Waals surface area contributed by atoms with Crippen LogP contribution in [0.5, 0.6) is 0 Å². The minimum atomic E-state index is -0.940. The zero-order valence-corrected chi connectivity index (χ0v) is 12.0. The van der Waals surface area contributed by atoms with Gasteiger partial charge in [-0.15, -0.1) is 10.2 Å². The first-order valence-electron chi connectivity index (χ1n) is 6.01. The van der Waals surface area contributed by atoms with Gasteiger partial charge in [-0.05, 0) is 24.0 Å². The van der Waals surface area contributed by atoms with Crippen molar-refractivity contribution in [3.8, 4) is 0 Å². The van der Waals surface area contributed by atoms with Crippen LogP contribution in [0.2, 0.25) is 0 Å². The second-order valence-electron chi connectivity index (χ2n) is 3.94. The summed E-state index contributed by atoms with van der Waals surface area (Å²) in [6, 6.07) is 6.52. The Hall–Kier alpha value is -2.15. The Kier molecular flexibility index (Phi) is 4.52. The highest BCUT2D eigenvalue weighted by molar-refractivity contribution is 7.98. The maximum absolute atomic E-state index is 10.8. The number of aromatic carboxylic acids is 1. The SMILES string of the molecule is CCc1nnc(SC)n1/N=C\c1ccc(C(=O)O)cc1. The van der Waals surface area contributed by atoms with E-state index in [-0.39, 0.29) is 5.56 Å². The minimum Gasteiger partial charge on any atom is -0.478 e. The van der Waals surface area contributed by atoms with Gasteiger partial charge in [0.1, 0.15) is 0 Å². The van der Waals surface area contributed by atoms with Gasteiger partial charge in [0.2, 0.25) is 5.16 Å². The molecule has 2 rings (SSSR count). The first kappa shape index (κ1) is 14.3. The standard InChI is InChI=1S/C13H14N4O2S/c1-3-11-15-16-13(20-2)17(11)14-8-9-4-6-10(7-5-9)12(18)19/h4-8H,3H2,1-2H3,(H,18,19)/b14-8-. The van der Waals surface area contributed by atoms with Gasteiger partial charge >= 0.3 is 5.97 Å². The van der Waals surface area contributed by atoms with E-state index in [0.29, 0.717) is 0 Å². The van der Waals surface area contributed by atoms with E-state index < -0.39 is 5.97 Å². The molecule has 0 amide bonds. The molecule has 20 heavy (non-hydrogen) atoms. The normalized spacial score (nSPS) is 11.1. The summed E-state index contributed by atoms with van der Waals surface area (Å²) >= 11 is 1.47. The first-order valence-corrected chi connectivity index (χ1v) is 7.24. The van der Waals surface area contributed by atoms with Crippen LogP contribution in [0.25, 0.3) is 0 Å². The maximum atomic E-state index is 10.8. The van der Waals surface area contributed by atoms with Crippen LogP contribution in [0, 0.1) is 0 Å². The number of hydrogen-bond acceptors (Lipinski definition) is 5. The number of aryl methyl sites for hydroxylation is 1. The van der Waals surface area contributed by atoms with Crippen molar-refractivity contribution in [1.82, 2.24) is 14.9 Å². The summed E-state index contributed by atoms with van der Waals surface area (Å²) in [4.78, 5) is 10.8. The van der Waals surface area contributed by atoms with Crippen LogP contribution in [0.4, 0.5) is 0 Å². The third kappa shape index (κ3) is 3.05. The van der Waals surface area contributed by atoms with Gasteiger partial charge in [-0.1, -0.05) is 30.8 Å². The van der Waals surface area contributed by atoms with E-state index >= 15 is 0 Å². The number of thioether (sulfide) groups is 1. The lowest BCUT2D eigenvalue weighted by Gasteiger charge is -2.00. The van der Waals surface area contributed by atoms with E-state index in [9.17, 15) is 4.79 Å². The van der Waals surface area contributed by atoms with Crippen molar-refractivity contribution in [2.45, 2.75) is 18.5 Å². The molecule has 0 aliphatic rings. The average Bonchev–Trinajstić information content (AvgIpc) is 2.87. The number of hydrogen-bond donors (Lipinski definition) is 1. The zero-order chi connectivity index (χ0) is 14.5. The fourth-order valence-electron chi connectivity index (χ4n) is 1.60. The van der Waals surface area contributed by atoms with E-state index in [1.165, 1.54) is 11.8 Å². The predicted molar refractivity (Wildman–Crippen MR) is 77.6 cm³/mol. The fraction of sp³-hybridized carbons (Fsp3) is 0.231. The Bertz CT molecular complexity index is 613. The lowest BCUT2D eigenvalue weighted by Crippen LogP contribution is -1.99. The Labute approximate surface area is 120 Å². The lowest BCUT2D eigenvalue weighted by molar-refractivity contribution is 0.0697. The molecule has 1 aromatic carbocycles. The van der Waals surface area contributed by atoms with Gasteiger partial charge in [-0.3, -0.25) is 0 Å². The van der Waals surface area contributed by atoms with Crippen LogP contribution in [-0.4, -0.2) is 38.4 Å². The molecule has 1 N–H and O–H groups in total. The molecule has 1 heterocycles. The molecule has 7 heteroatoms. The number of benzene rings is 1. The van der Waals surface area contributed by atoms with Crippen LogP contribution in [0.1, 0.15) is 28.7 Å². The number of nitrogens with zero attached hydrogens (tertiary/aromatic N) is 4. The maximum Gasteiger partial charge on any atom is 0.335 e. The number of carboxylic acids is 1. The molecule has 0 aliphatic heterocycles. The molecule has 0 saturated carbocycles. The van der Waals surface area contributed by atoms with E-state index in [1.54, 1.807) is 35.2 Å². The summed E-state index contributed by atoms with van der Waals surface area (Å²) in [7, 11) is 0. The molecule has 0 spiro atoms. The monoisotopic (exact) mass is 290 g/mol. The van der Waals surface area contributed by atoms with E-state index in [1.807, 2.05) is 13.2 Å². The molecule has 1 aromatic heterocycles. The molecule has 104 valence electrons. The van der Waals surface area contributed by atoms with Crippen LogP contribution in [-0.2, 0) is 6.42 Å². The second kappa shape index (κ2) is 6.33. The molecule has 0 saturated heterocycles. The van der Waals surface area contributed by atoms with Crippen molar-refractivity contribution in [3.05, 3.63) is 41.2 Å². The largest absolute Gasteiger partial charge is 0.478 e. The third-order valence-electron chi connectivity index (χ3n) is 2.66. The predicted octanol–water partition coefficient (Wildman–Crippen LogP) is 2.14. The Balaban J connectivity index is 2.24. The Morgan fingerprint density at radius 1 is 1.40 bits per heavy atom. The summed E-state index contributed by atoms with van der Waals surface area (Å²) in [6.45, 7) is 1.99. The first-order chi connectivity index (χ1) is 9.65. The van der Waals surface area contributed by atoms with Gasteiger partial charge in [0.15, 0.2) is 5.82 Å². The topological polar surface area (TPSA) is 80.4 Å². The summed E-state index contributed by atoms with van der Waals surface area (Å²) in [5, 5.41) is 22.0. The van der Waals surface area contributed by atoms with Crippen LogP contribution in [0.3, 0.4) is 0 Å². The van der Waals surface area contributed by atoms with E-state index in [0.717, 1.165) is 23.0 Å². The van der Waals surface area contributed by atoms with Crippen molar-refractivity contribution < 1.29 is 9.90 Å². The number of rotatable bonds is 5. The average molecular weight is 290 g/mol. The minimum absolute atomic E-state index is 0.255. The van der Waals surface area contributed by atoms with E-state index in [4.69, 9.17) is 5.11 Å². The Morgan fingerprint density at radius 3 is 2.65 bits per heavy atom. The molecule has 0 atom stereocenters. The van der Waals surface area contributed by atoms with Crippen LogP contribution >= 0.6 is 11.8 Å². The van der Waals surface area contributed by atoms with Gasteiger partial charge < -0.3 is 5.11 Å². The second-order valence-corrected chi connectivity index (χ2v) is 4.71. The lowest BCUT2D eigenvalue weighted by atomic mass is 10.1. The molecule has 0 aliphatic carbocycles. The van der Waals surface area contributed by atoms with Crippen molar-refractivity contribution in [3.63, 3.8) is 0 Å². The van der Waals surface area contributed by atoms with Gasteiger partial charge in [0, 0.05) is 6.42 Å². The van der Waals surface area contributed by atoms with Gasteiger partial charge in [-0.25, -0.2) is 4.79 Å². The quantitative estimate of drug-likeness (QED) is 0.674. The Morgan fingerprint density at radius 2 is 2.10 bits per heavy atom. The molecule has 6 nitrogen and oxygen atoms in total. The summed E-state index contributed by atoms with van der Waals surface area (Å²) in [5.41, 5.74) is 1.07. The highest BCUT2D eigenvalue weighted by Crippen LogP contribution is 2.13. The fourth-order valence-corrected chi connectivity index (χ4v) is 2.04. The molecule has 0 unspecified atom stereocenters. The van der Waals surface area contributed by atoms with Crippen LogP contribution < -0.4 is 0 Å². The molecule has 2 aromatic rings. The molecule has 0 fully saturated rings. The summed E-state index contributed by atoms with van der Waals surface area (Å²) in [6.07, 6.45) is 4.31. The highest BCUT2D eigenvalue weighted by Gasteiger charge is 2.08. The highest BCUT2D eigenvalue weighted by atomic mass is 32.2. The molecular weight excluding hydrogens is 276 g/mol. The molecule has 0 bridgehead atoms. The third-order valence-corrected chi connectivity index (χ3v) is 3.28. The van der Waals surface area contributed by atoms with E-state index in [2.05, 4.69) is 15.3 Å². The molecular formula is C13H14N4O2S. The van der Waals surface area contributed by atoms with Crippen molar-refractivity contribution in [2.24, 2.45) is 5.10 Å². The van der Waals surface area contributed by atoms with Crippen molar-refractivity contribution in [1.29, 1.82) is 0 Å². The number of carbonyl (C=O) groups is 1. The van der Waals surface area contributed by atoms with Gasteiger partial charge in [-0.2, -0.15) is 9.78 Å². The summed E-state index contributed by atoms with van der Waals surface area (Å²) < 4.78 is 1.69. The van der Waals surface area contributed by atoms with Crippen molar-refractivity contribution in [2.75, 3.05) is 6.26 Å². The van der Waals surface area contributed by atoms with Crippen molar-refractivity contribution >= 4 is 23.9 Å². The summed E-state index contributed by atoms with van der Waals surface area (Å²) in [5.74, 6) is -0.155. The smallest absolute Gasteiger partial charge is 0.335 e. The molecule has 0 radical (unpaired) electrons. The number of carboxylic acid groups (broad SMARTS) is 1. The number of aromatic nitrogens is 3. The zero-order valence-electron chi connectivity index (χ0n) is 11.1. The van der Waals surface area contributed by atoms with Crippen LogP contribution in [0.15, 0.2) is 34.5 Å². The van der Waals surface area contributed by atoms with Gasteiger partial charge in [0.25, 0.3) is 0 Å².